The summed E-state index contributed by atoms with van der Waals surface area (Å²) in [6.45, 7) is 5.50. The Morgan fingerprint density at radius 1 is 1.28 bits per heavy atom. The zero-order valence-electron chi connectivity index (χ0n) is 15.1. The number of hydrogen-bond donors (Lipinski definition) is 3. The van der Waals surface area contributed by atoms with E-state index in [0.717, 1.165) is 35.2 Å². The minimum absolute atomic E-state index is 0.0848. The van der Waals surface area contributed by atoms with E-state index in [1.54, 1.807) is 31.5 Å². The van der Waals surface area contributed by atoms with Gasteiger partial charge in [0, 0.05) is 44.0 Å². The molecule has 0 saturated carbocycles. The van der Waals surface area contributed by atoms with E-state index >= 15 is 0 Å². The monoisotopic (exact) mass is 359 g/mol. The normalized spacial score (nSPS) is 11.3. The molecule has 0 fully saturated rings. The molecule has 6 nitrogen and oxygen atoms in total. The molecular weight excluding hydrogens is 334 g/mol. The molecule has 1 heterocycles. The lowest BCUT2D eigenvalue weighted by atomic mass is 10.1. The number of carbonyl (C=O) groups is 1. The fourth-order valence-electron chi connectivity index (χ4n) is 2.31. The zero-order chi connectivity index (χ0) is 18.2. The van der Waals surface area contributed by atoms with Gasteiger partial charge in [0.15, 0.2) is 5.96 Å². The summed E-state index contributed by atoms with van der Waals surface area (Å²) < 4.78 is 0. The number of guanidine groups is 1. The van der Waals surface area contributed by atoms with Gasteiger partial charge in [-0.2, -0.15) is 0 Å². The van der Waals surface area contributed by atoms with E-state index in [2.05, 4.69) is 32.9 Å². The summed E-state index contributed by atoms with van der Waals surface area (Å²) in [6.07, 6.45) is 0.867. The molecule has 0 saturated heterocycles. The first-order chi connectivity index (χ1) is 12.0. The van der Waals surface area contributed by atoms with E-state index in [9.17, 15) is 4.79 Å². The molecule has 1 aromatic heterocycles. The summed E-state index contributed by atoms with van der Waals surface area (Å²) in [4.78, 5) is 21.7. The molecule has 0 aliphatic carbocycles. The van der Waals surface area contributed by atoms with Crippen molar-refractivity contribution >= 4 is 23.2 Å². The third-order valence-corrected chi connectivity index (χ3v) is 4.94. The standard InChI is InChI=1S/C18H25N5OS/c1-12-13(2)25-16(23-12)8-9-21-18(20-4)22-11-14-6-5-7-15(10-14)17(24)19-3/h5-7,10H,8-9,11H2,1-4H3,(H,19,24)(H2,20,21,22). The van der Waals surface area contributed by atoms with Crippen LogP contribution in [-0.4, -0.2) is 37.5 Å². The van der Waals surface area contributed by atoms with Gasteiger partial charge in [0.05, 0.1) is 10.7 Å². The van der Waals surface area contributed by atoms with Crippen molar-refractivity contribution in [2.75, 3.05) is 20.6 Å². The minimum Gasteiger partial charge on any atom is -0.356 e. The first-order valence-electron chi connectivity index (χ1n) is 8.22. The predicted octanol–water partition coefficient (Wildman–Crippen LogP) is 2.03. The Kier molecular flexibility index (Phi) is 6.94. The van der Waals surface area contributed by atoms with Crippen molar-refractivity contribution < 1.29 is 4.79 Å². The Hall–Kier alpha value is -2.41. The molecule has 134 valence electrons. The molecule has 2 aromatic rings. The van der Waals surface area contributed by atoms with E-state index in [4.69, 9.17) is 0 Å². The van der Waals surface area contributed by atoms with Crippen LogP contribution in [0.4, 0.5) is 0 Å². The lowest BCUT2D eigenvalue weighted by Crippen LogP contribution is -2.37. The van der Waals surface area contributed by atoms with E-state index in [0.29, 0.717) is 12.1 Å². The Labute approximate surface area is 152 Å². The van der Waals surface area contributed by atoms with Gasteiger partial charge >= 0.3 is 0 Å². The van der Waals surface area contributed by atoms with Crippen molar-refractivity contribution in [2.45, 2.75) is 26.8 Å². The molecule has 0 radical (unpaired) electrons. The number of carbonyl (C=O) groups excluding carboxylic acids is 1. The van der Waals surface area contributed by atoms with Crippen LogP contribution in [0, 0.1) is 13.8 Å². The van der Waals surface area contributed by atoms with Crippen molar-refractivity contribution in [3.8, 4) is 0 Å². The summed E-state index contributed by atoms with van der Waals surface area (Å²) in [5.74, 6) is 0.647. The Morgan fingerprint density at radius 2 is 2.08 bits per heavy atom. The van der Waals surface area contributed by atoms with Gasteiger partial charge in [0.1, 0.15) is 0 Å². The second kappa shape index (κ2) is 9.17. The maximum absolute atomic E-state index is 11.7. The molecule has 0 bridgehead atoms. The van der Waals surface area contributed by atoms with Crippen molar-refractivity contribution in [3.05, 3.63) is 51.0 Å². The highest BCUT2D eigenvalue weighted by atomic mass is 32.1. The number of rotatable bonds is 6. The van der Waals surface area contributed by atoms with Crippen molar-refractivity contribution in [1.82, 2.24) is 20.9 Å². The highest BCUT2D eigenvalue weighted by Crippen LogP contribution is 2.16. The van der Waals surface area contributed by atoms with Crippen molar-refractivity contribution in [3.63, 3.8) is 0 Å². The fraction of sp³-hybridized carbons (Fsp3) is 0.389. The molecule has 0 aliphatic heterocycles. The molecule has 0 unspecified atom stereocenters. The lowest BCUT2D eigenvalue weighted by molar-refractivity contribution is 0.0963. The third-order valence-electron chi connectivity index (χ3n) is 3.80. The number of thiazole rings is 1. The lowest BCUT2D eigenvalue weighted by Gasteiger charge is -2.12. The second-order valence-electron chi connectivity index (χ2n) is 5.63. The van der Waals surface area contributed by atoms with E-state index in [1.807, 2.05) is 25.1 Å². The van der Waals surface area contributed by atoms with Crippen molar-refractivity contribution in [1.29, 1.82) is 0 Å². The third kappa shape index (κ3) is 5.56. The number of nitrogens with zero attached hydrogens (tertiary/aromatic N) is 2. The number of aliphatic imine (C=N–C) groups is 1. The van der Waals surface area contributed by atoms with Gasteiger partial charge in [-0.3, -0.25) is 9.79 Å². The molecular formula is C18H25N5OS. The summed E-state index contributed by atoms with van der Waals surface area (Å²) in [5.41, 5.74) is 2.79. The number of amides is 1. The predicted molar refractivity (Wildman–Crippen MR) is 103 cm³/mol. The van der Waals surface area contributed by atoms with Gasteiger partial charge in [-0.25, -0.2) is 4.98 Å². The first-order valence-corrected chi connectivity index (χ1v) is 9.03. The summed E-state index contributed by atoms with van der Waals surface area (Å²) in [5, 5.41) is 10.3. The summed E-state index contributed by atoms with van der Waals surface area (Å²) in [7, 11) is 3.37. The van der Waals surface area contributed by atoms with Gasteiger partial charge in [-0.05, 0) is 31.5 Å². The number of benzene rings is 1. The molecule has 2 rings (SSSR count). The highest BCUT2D eigenvalue weighted by molar-refractivity contribution is 7.11. The Balaban J connectivity index is 1.83. The first kappa shape index (κ1) is 18.9. The number of aromatic nitrogens is 1. The maximum atomic E-state index is 11.7. The summed E-state index contributed by atoms with van der Waals surface area (Å²) >= 11 is 1.74. The Morgan fingerprint density at radius 3 is 2.72 bits per heavy atom. The van der Waals surface area contributed by atoms with Crippen LogP contribution in [0.15, 0.2) is 29.3 Å². The molecule has 0 atom stereocenters. The van der Waals surface area contributed by atoms with Crippen LogP contribution in [0.2, 0.25) is 0 Å². The van der Waals surface area contributed by atoms with Gasteiger partial charge in [-0.1, -0.05) is 12.1 Å². The highest BCUT2D eigenvalue weighted by Gasteiger charge is 2.06. The second-order valence-corrected chi connectivity index (χ2v) is 6.92. The summed E-state index contributed by atoms with van der Waals surface area (Å²) in [6, 6.07) is 7.53. The Bertz CT molecular complexity index is 734. The topological polar surface area (TPSA) is 78.4 Å². The van der Waals surface area contributed by atoms with Gasteiger partial charge in [0.25, 0.3) is 5.91 Å². The van der Waals surface area contributed by atoms with Crippen LogP contribution in [-0.2, 0) is 13.0 Å². The molecule has 0 spiro atoms. The van der Waals surface area contributed by atoms with E-state index in [1.165, 1.54) is 4.88 Å². The number of hydrogen-bond acceptors (Lipinski definition) is 4. The van der Waals surface area contributed by atoms with Crippen LogP contribution < -0.4 is 16.0 Å². The van der Waals surface area contributed by atoms with Gasteiger partial charge in [-0.15, -0.1) is 11.3 Å². The largest absolute Gasteiger partial charge is 0.356 e. The van der Waals surface area contributed by atoms with Gasteiger partial charge in [0.2, 0.25) is 0 Å². The maximum Gasteiger partial charge on any atom is 0.251 e. The van der Waals surface area contributed by atoms with Crippen LogP contribution in [0.3, 0.4) is 0 Å². The fourth-order valence-corrected chi connectivity index (χ4v) is 3.24. The molecule has 3 N–H and O–H groups in total. The van der Waals surface area contributed by atoms with Crippen LogP contribution >= 0.6 is 11.3 Å². The van der Waals surface area contributed by atoms with E-state index < -0.39 is 0 Å². The van der Waals surface area contributed by atoms with E-state index in [-0.39, 0.29) is 5.91 Å². The molecule has 7 heteroatoms. The average Bonchev–Trinajstić information content (AvgIpc) is 2.95. The number of nitrogens with one attached hydrogen (secondary N) is 3. The zero-order valence-corrected chi connectivity index (χ0v) is 16.0. The van der Waals surface area contributed by atoms with Gasteiger partial charge < -0.3 is 16.0 Å². The number of aryl methyl sites for hydroxylation is 2. The molecule has 1 aromatic carbocycles. The molecule has 25 heavy (non-hydrogen) atoms. The van der Waals surface area contributed by atoms with Crippen molar-refractivity contribution in [2.24, 2.45) is 4.99 Å². The molecule has 1 amide bonds. The molecule has 0 aliphatic rings. The SMILES string of the molecule is CN=C(NCCc1nc(C)c(C)s1)NCc1cccc(C(=O)NC)c1. The smallest absolute Gasteiger partial charge is 0.251 e. The average molecular weight is 359 g/mol. The van der Waals surface area contributed by atoms with Crippen LogP contribution in [0.25, 0.3) is 0 Å². The van der Waals surface area contributed by atoms with Crippen LogP contribution in [0.1, 0.15) is 31.5 Å². The minimum atomic E-state index is -0.0848. The quantitative estimate of drug-likeness (QED) is 0.545. The van der Waals surface area contributed by atoms with Crippen LogP contribution in [0.5, 0.6) is 0 Å².